The van der Waals surface area contributed by atoms with Gasteiger partial charge in [-0.1, -0.05) is 0 Å². The molecular weight excluding hydrogens is 378 g/mol. The molecule has 10 heteroatoms. The summed E-state index contributed by atoms with van der Waals surface area (Å²) in [6, 6.07) is 4.57. The Morgan fingerprint density at radius 1 is 1.11 bits per heavy atom. The number of hydrogen-bond donors (Lipinski definition) is 1. The van der Waals surface area contributed by atoms with Gasteiger partial charge in [0.2, 0.25) is 0 Å². The number of nitrogens with zero attached hydrogens (tertiary/aromatic N) is 2. The van der Waals surface area contributed by atoms with Gasteiger partial charge in [0.15, 0.2) is 0 Å². The number of aliphatic carboxylic acids is 1. The lowest BCUT2D eigenvalue weighted by Gasteiger charge is -2.26. The number of alkyl halides is 6. The quantitative estimate of drug-likeness (QED) is 0.785. The van der Waals surface area contributed by atoms with Crippen LogP contribution in [0.25, 0.3) is 10.9 Å². The van der Waals surface area contributed by atoms with E-state index in [0.717, 1.165) is 12.1 Å². The molecule has 2 aromatic rings. The van der Waals surface area contributed by atoms with Crippen molar-refractivity contribution in [2.45, 2.75) is 18.8 Å². The van der Waals surface area contributed by atoms with Gasteiger partial charge in [-0.3, -0.25) is 9.78 Å². The summed E-state index contributed by atoms with van der Waals surface area (Å²) in [7, 11) is 0. The summed E-state index contributed by atoms with van der Waals surface area (Å²) in [6.07, 6.45) is -8.75. The monoisotopic (exact) mass is 390 g/mol. The molecule has 0 amide bonds. The molecule has 2 heterocycles. The Balaban J connectivity index is 1.83. The molecule has 2 aliphatic rings. The maximum absolute atomic E-state index is 13.6. The molecule has 1 saturated carbocycles. The van der Waals surface area contributed by atoms with E-state index in [1.54, 1.807) is 0 Å². The van der Waals surface area contributed by atoms with Gasteiger partial charge in [-0.15, -0.1) is 0 Å². The minimum absolute atomic E-state index is 0.0338. The van der Waals surface area contributed by atoms with Crippen molar-refractivity contribution in [3.05, 3.63) is 36.0 Å². The molecule has 0 spiro atoms. The van der Waals surface area contributed by atoms with Gasteiger partial charge in [0, 0.05) is 30.4 Å². The molecule has 0 bridgehead atoms. The van der Waals surface area contributed by atoms with Crippen molar-refractivity contribution in [1.29, 1.82) is 0 Å². The van der Waals surface area contributed by atoms with Gasteiger partial charge in [-0.25, -0.2) is 0 Å². The van der Waals surface area contributed by atoms with Gasteiger partial charge >= 0.3 is 18.3 Å². The molecule has 27 heavy (non-hydrogen) atoms. The van der Waals surface area contributed by atoms with Gasteiger partial charge in [0.25, 0.3) is 0 Å². The summed E-state index contributed by atoms with van der Waals surface area (Å²) >= 11 is 0. The summed E-state index contributed by atoms with van der Waals surface area (Å²) in [5.74, 6) is -1.54. The van der Waals surface area contributed by atoms with Gasteiger partial charge in [-0.2, -0.15) is 26.3 Å². The van der Waals surface area contributed by atoms with E-state index in [2.05, 4.69) is 4.98 Å². The van der Waals surface area contributed by atoms with Crippen LogP contribution >= 0.6 is 0 Å². The Kier molecular flexibility index (Phi) is 3.34. The number of carboxylic acid groups (broad SMARTS) is 1. The Morgan fingerprint density at radius 3 is 2.37 bits per heavy atom. The van der Waals surface area contributed by atoms with E-state index >= 15 is 0 Å². The lowest BCUT2D eigenvalue weighted by atomic mass is 9.96. The maximum atomic E-state index is 13.6. The lowest BCUT2D eigenvalue weighted by Crippen LogP contribution is -2.34. The third-order valence-electron chi connectivity index (χ3n) is 5.66. The van der Waals surface area contributed by atoms with Crippen LogP contribution in [0.15, 0.2) is 30.5 Å². The van der Waals surface area contributed by atoms with Crippen LogP contribution in [0, 0.1) is 10.8 Å². The van der Waals surface area contributed by atoms with Crippen LogP contribution in [-0.2, 0) is 11.0 Å². The highest BCUT2D eigenvalue weighted by Crippen LogP contribution is 2.75. The van der Waals surface area contributed by atoms with Crippen LogP contribution in [0.1, 0.15) is 12.0 Å². The van der Waals surface area contributed by atoms with E-state index in [-0.39, 0.29) is 16.6 Å². The van der Waals surface area contributed by atoms with E-state index in [9.17, 15) is 36.2 Å². The molecule has 4 nitrogen and oxygen atoms in total. The number of benzene rings is 1. The van der Waals surface area contributed by atoms with E-state index in [1.807, 2.05) is 0 Å². The second-order valence-electron chi connectivity index (χ2n) is 7.03. The third-order valence-corrected chi connectivity index (χ3v) is 5.66. The molecule has 1 aromatic heterocycles. The standard InChI is InChI=1S/C17H12F6N2O2/c18-16(19,20)10-3-4-11(9-2-1-5-24-12(9)10)25-7-14(13(26)27)6-15(14,8-25)17(21,22)23/h1-5H,6-8H2,(H,26,27)/t14-,15-/m0/s1. The number of pyridine rings is 1. The zero-order chi connectivity index (χ0) is 19.8. The summed E-state index contributed by atoms with van der Waals surface area (Å²) in [4.78, 5) is 16.5. The highest BCUT2D eigenvalue weighted by Gasteiger charge is 2.86. The molecule has 2 atom stereocenters. The number of anilines is 1. The van der Waals surface area contributed by atoms with E-state index in [4.69, 9.17) is 0 Å². The van der Waals surface area contributed by atoms with Crippen molar-refractivity contribution >= 4 is 22.6 Å². The summed E-state index contributed by atoms with van der Waals surface area (Å²) < 4.78 is 80.3. The van der Waals surface area contributed by atoms with Gasteiger partial charge in [-0.05, 0) is 30.7 Å². The third kappa shape index (κ3) is 2.24. The molecule has 2 fully saturated rings. The second kappa shape index (κ2) is 5.05. The summed E-state index contributed by atoms with van der Waals surface area (Å²) in [6.45, 7) is -1.03. The summed E-state index contributed by atoms with van der Waals surface area (Å²) in [5, 5.41) is 9.42. The average Bonchev–Trinajstić information content (AvgIpc) is 3.11. The number of halogens is 6. The fourth-order valence-corrected chi connectivity index (χ4v) is 4.23. The fourth-order valence-electron chi connectivity index (χ4n) is 4.23. The van der Waals surface area contributed by atoms with Crippen LogP contribution in [-0.4, -0.2) is 35.3 Å². The normalized spacial score (nSPS) is 27.7. The fraction of sp³-hybridized carbons (Fsp3) is 0.412. The topological polar surface area (TPSA) is 53.4 Å². The minimum atomic E-state index is -4.72. The predicted molar refractivity (Wildman–Crippen MR) is 82.1 cm³/mol. The van der Waals surface area contributed by atoms with Crippen molar-refractivity contribution in [2.24, 2.45) is 10.8 Å². The van der Waals surface area contributed by atoms with Gasteiger partial charge in [0.1, 0.15) is 10.8 Å². The second-order valence-corrected chi connectivity index (χ2v) is 7.03. The van der Waals surface area contributed by atoms with Crippen molar-refractivity contribution in [2.75, 3.05) is 18.0 Å². The smallest absolute Gasteiger partial charge is 0.418 e. The van der Waals surface area contributed by atoms with Crippen LogP contribution in [0.3, 0.4) is 0 Å². The molecule has 4 rings (SSSR count). The first-order chi connectivity index (χ1) is 12.4. The molecule has 0 unspecified atom stereocenters. The number of fused-ring (bicyclic) bond motifs is 2. The van der Waals surface area contributed by atoms with Crippen molar-refractivity contribution in [1.82, 2.24) is 4.98 Å². The average molecular weight is 390 g/mol. The Morgan fingerprint density at radius 2 is 1.81 bits per heavy atom. The van der Waals surface area contributed by atoms with Crippen molar-refractivity contribution in [3.63, 3.8) is 0 Å². The van der Waals surface area contributed by atoms with Crippen LogP contribution in [0.4, 0.5) is 32.0 Å². The minimum Gasteiger partial charge on any atom is -0.481 e. The molecular formula is C17H12F6N2O2. The number of carbonyl (C=O) groups is 1. The molecule has 1 N–H and O–H groups in total. The zero-order valence-corrected chi connectivity index (χ0v) is 13.5. The number of rotatable bonds is 2. The number of carboxylic acids is 1. The molecule has 144 valence electrons. The molecule has 1 aromatic carbocycles. The number of piperidine rings is 1. The Labute approximate surface area is 148 Å². The Bertz CT molecular complexity index is 957. The van der Waals surface area contributed by atoms with E-state index < -0.39 is 54.2 Å². The molecule has 1 aliphatic heterocycles. The van der Waals surface area contributed by atoms with Gasteiger partial charge in [0.05, 0.1) is 11.1 Å². The van der Waals surface area contributed by atoms with Gasteiger partial charge < -0.3 is 10.0 Å². The van der Waals surface area contributed by atoms with Crippen LogP contribution in [0.2, 0.25) is 0 Å². The SMILES string of the molecule is O=C(O)[C@]12CN(c3ccc(C(F)(F)F)c4ncccc34)C[C@@]1(C(F)(F)F)C2. The first-order valence-corrected chi connectivity index (χ1v) is 7.93. The number of hydrogen-bond acceptors (Lipinski definition) is 3. The van der Waals surface area contributed by atoms with Crippen LogP contribution in [0.5, 0.6) is 0 Å². The Hall–Kier alpha value is -2.52. The van der Waals surface area contributed by atoms with Crippen molar-refractivity contribution in [3.8, 4) is 0 Å². The first kappa shape index (κ1) is 17.9. The zero-order valence-electron chi connectivity index (χ0n) is 13.5. The molecule has 1 aliphatic carbocycles. The number of aromatic nitrogens is 1. The van der Waals surface area contributed by atoms with E-state index in [1.165, 1.54) is 23.2 Å². The van der Waals surface area contributed by atoms with Crippen molar-refractivity contribution < 1.29 is 36.2 Å². The van der Waals surface area contributed by atoms with E-state index in [0.29, 0.717) is 0 Å². The highest BCUT2D eigenvalue weighted by molar-refractivity contribution is 5.95. The first-order valence-electron chi connectivity index (χ1n) is 7.93. The summed E-state index contributed by atoms with van der Waals surface area (Å²) in [5.41, 5.74) is -5.62. The predicted octanol–water partition coefficient (Wildman–Crippen LogP) is 4.10. The molecule has 0 radical (unpaired) electrons. The largest absolute Gasteiger partial charge is 0.481 e. The highest BCUT2D eigenvalue weighted by atomic mass is 19.4. The molecule has 1 saturated heterocycles. The lowest BCUT2D eigenvalue weighted by molar-refractivity contribution is -0.194. The maximum Gasteiger partial charge on any atom is 0.418 e. The van der Waals surface area contributed by atoms with Crippen LogP contribution < -0.4 is 4.90 Å².